The molecule has 0 spiro atoms. The molecule has 1 aliphatic carbocycles. The summed E-state index contributed by atoms with van der Waals surface area (Å²) in [5.41, 5.74) is 3.79. The second-order valence-corrected chi connectivity index (χ2v) is 13.6. The Morgan fingerprint density at radius 1 is 0.929 bits per heavy atom. The van der Waals surface area contributed by atoms with E-state index in [0.717, 1.165) is 59.4 Å². The number of hydrogen-bond acceptors (Lipinski definition) is 4. The minimum Gasteiger partial charge on any atom is -0.352 e. The molecule has 0 unspecified atom stereocenters. The van der Waals surface area contributed by atoms with Gasteiger partial charge in [-0.2, -0.15) is 0 Å². The maximum Gasteiger partial charge on any atom is 0.244 e. The smallest absolute Gasteiger partial charge is 0.244 e. The number of rotatable bonds is 11. The summed E-state index contributed by atoms with van der Waals surface area (Å²) >= 11 is 6.24. The fraction of sp³-hybridized carbons (Fsp3) is 0.394. The molecule has 1 atom stereocenters. The van der Waals surface area contributed by atoms with E-state index < -0.39 is 28.5 Å². The van der Waals surface area contributed by atoms with Crippen LogP contribution in [0.2, 0.25) is 5.02 Å². The number of aryl methyl sites for hydroxylation is 2. The number of carbonyl (C=O) groups is 2. The first-order valence-electron chi connectivity index (χ1n) is 14.4. The van der Waals surface area contributed by atoms with Crippen LogP contribution in [0.4, 0.5) is 5.69 Å². The molecular weight excluding hydrogens is 570 g/mol. The van der Waals surface area contributed by atoms with Gasteiger partial charge in [-0.3, -0.25) is 13.9 Å². The van der Waals surface area contributed by atoms with E-state index in [0.29, 0.717) is 22.7 Å². The number of amides is 2. The zero-order chi connectivity index (χ0) is 30.3. The highest BCUT2D eigenvalue weighted by Crippen LogP contribution is 2.27. The van der Waals surface area contributed by atoms with Crippen LogP contribution < -0.4 is 9.62 Å². The van der Waals surface area contributed by atoms with Crippen LogP contribution in [0.5, 0.6) is 0 Å². The van der Waals surface area contributed by atoms with Gasteiger partial charge in [0.1, 0.15) is 12.6 Å². The molecule has 1 aliphatic rings. The standard InChI is InChI=1S/C33H40ClN3O4S/c1-24-11-10-14-27(19-24)22-36(32(38)23-37(42(3,40)41)30-21-28(34)18-17-25(30)2)31(20-26-12-6-4-7-13-26)33(39)35-29-15-8-5-9-16-29/h4,6-7,10-14,17-19,21,29,31H,5,8-9,15-16,20,22-23H2,1-3H3,(H,35,39)/t31-/m0/s1. The number of halogens is 1. The van der Waals surface area contributed by atoms with Gasteiger partial charge in [0.05, 0.1) is 11.9 Å². The molecular formula is C33H40ClN3O4S. The normalized spacial score (nSPS) is 14.7. The van der Waals surface area contributed by atoms with Gasteiger partial charge in [-0.05, 0) is 55.5 Å². The number of hydrogen-bond donors (Lipinski definition) is 1. The lowest BCUT2D eigenvalue weighted by Gasteiger charge is -2.35. The number of anilines is 1. The Bertz CT molecular complexity index is 1490. The van der Waals surface area contributed by atoms with Gasteiger partial charge in [0.25, 0.3) is 0 Å². The van der Waals surface area contributed by atoms with Gasteiger partial charge in [0.2, 0.25) is 21.8 Å². The fourth-order valence-corrected chi connectivity index (χ4v) is 6.62. The topological polar surface area (TPSA) is 86.8 Å². The molecule has 224 valence electrons. The van der Waals surface area contributed by atoms with E-state index in [-0.39, 0.29) is 18.5 Å². The van der Waals surface area contributed by atoms with E-state index in [1.165, 1.54) is 4.90 Å². The SMILES string of the molecule is Cc1cccc(CN(C(=O)CN(c2cc(Cl)ccc2C)S(C)(=O)=O)[C@@H](Cc2ccccc2)C(=O)NC2CCCCC2)c1. The number of nitrogens with one attached hydrogen (secondary N) is 1. The molecule has 0 bridgehead atoms. The van der Waals surface area contributed by atoms with Crippen molar-refractivity contribution in [3.8, 4) is 0 Å². The number of sulfonamides is 1. The second-order valence-electron chi connectivity index (χ2n) is 11.3. The first-order valence-corrected chi connectivity index (χ1v) is 16.7. The van der Waals surface area contributed by atoms with E-state index >= 15 is 0 Å². The van der Waals surface area contributed by atoms with Crippen LogP contribution in [0.3, 0.4) is 0 Å². The maximum absolute atomic E-state index is 14.3. The van der Waals surface area contributed by atoms with Crippen molar-refractivity contribution in [1.82, 2.24) is 10.2 Å². The summed E-state index contributed by atoms with van der Waals surface area (Å²) in [7, 11) is -3.87. The largest absolute Gasteiger partial charge is 0.352 e. The molecule has 1 saturated carbocycles. The molecule has 3 aromatic carbocycles. The Balaban J connectivity index is 1.74. The van der Waals surface area contributed by atoms with Crippen molar-refractivity contribution >= 4 is 39.1 Å². The van der Waals surface area contributed by atoms with E-state index in [1.54, 1.807) is 25.1 Å². The number of benzene rings is 3. The number of carbonyl (C=O) groups excluding carboxylic acids is 2. The highest BCUT2D eigenvalue weighted by Gasteiger charge is 2.34. The lowest BCUT2D eigenvalue weighted by Crippen LogP contribution is -2.55. The highest BCUT2D eigenvalue weighted by molar-refractivity contribution is 7.92. The first-order chi connectivity index (χ1) is 20.0. The average molecular weight is 610 g/mol. The van der Waals surface area contributed by atoms with Crippen LogP contribution in [-0.2, 0) is 32.6 Å². The summed E-state index contributed by atoms with van der Waals surface area (Å²) in [5, 5.41) is 3.58. The van der Waals surface area contributed by atoms with Crippen molar-refractivity contribution in [3.63, 3.8) is 0 Å². The first kappa shape index (κ1) is 31.6. The van der Waals surface area contributed by atoms with Crippen molar-refractivity contribution in [2.45, 2.75) is 71.0 Å². The van der Waals surface area contributed by atoms with Gasteiger partial charge in [0.15, 0.2) is 0 Å². The fourth-order valence-electron chi connectivity index (χ4n) is 5.55. The lowest BCUT2D eigenvalue weighted by atomic mass is 9.94. The summed E-state index contributed by atoms with van der Waals surface area (Å²) in [6, 6.07) is 21.6. The van der Waals surface area contributed by atoms with E-state index in [2.05, 4.69) is 5.32 Å². The Labute approximate surface area is 254 Å². The van der Waals surface area contributed by atoms with Crippen molar-refractivity contribution in [3.05, 3.63) is 100 Å². The van der Waals surface area contributed by atoms with Gasteiger partial charge < -0.3 is 10.2 Å². The molecule has 0 radical (unpaired) electrons. The molecule has 0 aromatic heterocycles. The van der Waals surface area contributed by atoms with Crippen LogP contribution in [-0.4, -0.2) is 50.0 Å². The Kier molecular flexibility index (Phi) is 10.7. The van der Waals surface area contributed by atoms with Gasteiger partial charge in [-0.15, -0.1) is 0 Å². The van der Waals surface area contributed by atoms with E-state index in [9.17, 15) is 18.0 Å². The highest BCUT2D eigenvalue weighted by atomic mass is 35.5. The van der Waals surface area contributed by atoms with Gasteiger partial charge in [-0.25, -0.2) is 8.42 Å². The maximum atomic E-state index is 14.3. The second kappa shape index (κ2) is 14.2. The lowest BCUT2D eigenvalue weighted by molar-refractivity contribution is -0.140. The van der Waals surface area contributed by atoms with Crippen LogP contribution in [0, 0.1) is 13.8 Å². The molecule has 42 heavy (non-hydrogen) atoms. The van der Waals surface area contributed by atoms with Gasteiger partial charge >= 0.3 is 0 Å². The third-order valence-electron chi connectivity index (χ3n) is 7.78. The summed E-state index contributed by atoms with van der Waals surface area (Å²) in [6.45, 7) is 3.44. The number of nitrogens with zero attached hydrogens (tertiary/aromatic N) is 2. The molecule has 1 N–H and O–H groups in total. The minimum absolute atomic E-state index is 0.0575. The Morgan fingerprint density at radius 3 is 2.29 bits per heavy atom. The Morgan fingerprint density at radius 2 is 1.62 bits per heavy atom. The zero-order valence-electron chi connectivity index (χ0n) is 24.6. The summed E-state index contributed by atoms with van der Waals surface area (Å²) in [5.74, 6) is -0.697. The molecule has 0 aliphatic heterocycles. The quantitative estimate of drug-likeness (QED) is 0.297. The molecule has 7 nitrogen and oxygen atoms in total. The molecule has 0 heterocycles. The van der Waals surface area contributed by atoms with Crippen molar-refractivity contribution in [2.24, 2.45) is 0 Å². The third-order valence-corrected chi connectivity index (χ3v) is 9.14. The van der Waals surface area contributed by atoms with E-state index in [4.69, 9.17) is 11.6 Å². The van der Waals surface area contributed by atoms with Gasteiger partial charge in [0, 0.05) is 24.0 Å². The summed E-state index contributed by atoms with van der Waals surface area (Å²) in [4.78, 5) is 29.8. The van der Waals surface area contributed by atoms with Gasteiger partial charge in [-0.1, -0.05) is 97.1 Å². The van der Waals surface area contributed by atoms with Crippen molar-refractivity contribution in [1.29, 1.82) is 0 Å². The zero-order valence-corrected chi connectivity index (χ0v) is 26.1. The molecule has 9 heteroatoms. The molecule has 3 aromatic rings. The molecule has 0 saturated heterocycles. The molecule has 1 fully saturated rings. The van der Waals surface area contributed by atoms with Crippen LogP contribution in [0.25, 0.3) is 0 Å². The third kappa shape index (κ3) is 8.58. The monoisotopic (exact) mass is 609 g/mol. The van der Waals surface area contributed by atoms with E-state index in [1.807, 2.05) is 61.5 Å². The molecule has 4 rings (SSSR count). The average Bonchev–Trinajstić information content (AvgIpc) is 2.95. The predicted molar refractivity (Wildman–Crippen MR) is 169 cm³/mol. The van der Waals surface area contributed by atoms with Crippen LogP contribution in [0.1, 0.15) is 54.4 Å². The summed E-state index contributed by atoms with van der Waals surface area (Å²) in [6.07, 6.45) is 6.46. The van der Waals surface area contributed by atoms with Crippen molar-refractivity contribution in [2.75, 3.05) is 17.1 Å². The molecule has 2 amide bonds. The van der Waals surface area contributed by atoms with Crippen LogP contribution >= 0.6 is 11.6 Å². The predicted octanol–water partition coefficient (Wildman–Crippen LogP) is 5.81. The van der Waals surface area contributed by atoms with Crippen molar-refractivity contribution < 1.29 is 18.0 Å². The van der Waals surface area contributed by atoms with Crippen LogP contribution in [0.15, 0.2) is 72.8 Å². The minimum atomic E-state index is -3.87. The summed E-state index contributed by atoms with van der Waals surface area (Å²) < 4.78 is 27.2. The Hall–Kier alpha value is -3.36.